The maximum Gasteiger partial charge on any atom is 0.342 e. The number of hydrogen-bond acceptors (Lipinski definition) is 5. The van der Waals surface area contributed by atoms with Gasteiger partial charge in [0.25, 0.3) is 0 Å². The molecular formula is C22H37N3O2. The number of ether oxygens (including phenoxy) is 1. The van der Waals surface area contributed by atoms with E-state index in [0.29, 0.717) is 11.4 Å². The summed E-state index contributed by atoms with van der Waals surface area (Å²) in [5, 5.41) is 0. The summed E-state index contributed by atoms with van der Waals surface area (Å²) in [6.45, 7) is 10.2. The standard InChI is InChI=1S/C22H37N3O2/c1-5-14-25(17-19-10-7-6-8-11-19)16-15-24(4)21-20(12-9-13-23-21)22(26)27-18(2)3/h9,12-13,18-19H,5-8,10-11,14-17H2,1-4H3. The zero-order valence-electron chi connectivity index (χ0n) is 17.6. The van der Waals surface area contributed by atoms with Gasteiger partial charge in [-0.3, -0.25) is 0 Å². The summed E-state index contributed by atoms with van der Waals surface area (Å²) in [4.78, 5) is 21.5. The summed E-state index contributed by atoms with van der Waals surface area (Å²) < 4.78 is 5.38. The fraction of sp³-hybridized carbons (Fsp3) is 0.727. The lowest BCUT2D eigenvalue weighted by Crippen LogP contribution is -2.38. The average molecular weight is 376 g/mol. The smallest absolute Gasteiger partial charge is 0.342 e. The largest absolute Gasteiger partial charge is 0.459 e. The van der Waals surface area contributed by atoms with E-state index in [1.165, 1.54) is 45.1 Å². The highest BCUT2D eigenvalue weighted by Gasteiger charge is 2.20. The van der Waals surface area contributed by atoms with E-state index in [1.807, 2.05) is 20.9 Å². The highest BCUT2D eigenvalue weighted by atomic mass is 16.5. The summed E-state index contributed by atoms with van der Waals surface area (Å²) in [6, 6.07) is 3.59. The maximum absolute atomic E-state index is 12.4. The van der Waals surface area contributed by atoms with Crippen LogP contribution in [0.1, 0.15) is 69.7 Å². The monoisotopic (exact) mass is 375 g/mol. The van der Waals surface area contributed by atoms with Gasteiger partial charge in [-0.05, 0) is 57.7 Å². The van der Waals surface area contributed by atoms with E-state index in [2.05, 4.69) is 21.7 Å². The van der Waals surface area contributed by atoms with Crippen LogP contribution >= 0.6 is 0 Å². The molecule has 1 heterocycles. The second-order valence-electron chi connectivity index (χ2n) is 8.05. The minimum Gasteiger partial charge on any atom is -0.459 e. The highest BCUT2D eigenvalue weighted by molar-refractivity contribution is 5.94. The number of carbonyl (C=O) groups is 1. The Balaban J connectivity index is 1.96. The van der Waals surface area contributed by atoms with Crippen molar-refractivity contribution in [3.63, 3.8) is 0 Å². The number of likely N-dealkylation sites (N-methyl/N-ethyl adjacent to an activating group) is 1. The Hall–Kier alpha value is -1.62. The van der Waals surface area contributed by atoms with Gasteiger partial charge >= 0.3 is 5.97 Å². The van der Waals surface area contributed by atoms with E-state index >= 15 is 0 Å². The van der Waals surface area contributed by atoms with Crippen molar-refractivity contribution >= 4 is 11.8 Å². The predicted molar refractivity (Wildman–Crippen MR) is 111 cm³/mol. The molecule has 1 aromatic rings. The molecule has 0 aliphatic heterocycles. The summed E-state index contributed by atoms with van der Waals surface area (Å²) in [6.07, 6.45) is 9.71. The number of hydrogen-bond donors (Lipinski definition) is 0. The summed E-state index contributed by atoms with van der Waals surface area (Å²) in [7, 11) is 2.01. The molecule has 27 heavy (non-hydrogen) atoms. The van der Waals surface area contributed by atoms with Crippen LogP contribution in [0.4, 0.5) is 5.82 Å². The molecule has 0 aromatic carbocycles. The first-order valence-electron chi connectivity index (χ1n) is 10.6. The Morgan fingerprint density at radius 1 is 1.22 bits per heavy atom. The Kier molecular flexibility index (Phi) is 9.05. The van der Waals surface area contributed by atoms with Gasteiger partial charge in [-0.2, -0.15) is 0 Å². The summed E-state index contributed by atoms with van der Waals surface area (Å²) in [5.41, 5.74) is 0.544. The first-order chi connectivity index (χ1) is 13.0. The molecule has 0 spiro atoms. The molecule has 0 atom stereocenters. The van der Waals surface area contributed by atoms with Crippen LogP contribution in [0.15, 0.2) is 18.3 Å². The predicted octanol–water partition coefficient (Wildman–Crippen LogP) is 4.38. The molecule has 5 heteroatoms. The van der Waals surface area contributed by atoms with Crippen molar-refractivity contribution in [3.8, 4) is 0 Å². The molecule has 152 valence electrons. The lowest BCUT2D eigenvalue weighted by Gasteiger charge is -2.31. The van der Waals surface area contributed by atoms with E-state index < -0.39 is 0 Å². The van der Waals surface area contributed by atoms with Crippen LogP contribution in [0.3, 0.4) is 0 Å². The normalized spacial score (nSPS) is 15.3. The minimum absolute atomic E-state index is 0.133. The second-order valence-corrected chi connectivity index (χ2v) is 8.05. The molecule has 0 unspecified atom stereocenters. The van der Waals surface area contributed by atoms with E-state index in [-0.39, 0.29) is 12.1 Å². The Labute approximate surface area is 165 Å². The van der Waals surface area contributed by atoms with Crippen LogP contribution < -0.4 is 4.90 Å². The van der Waals surface area contributed by atoms with Crippen molar-refractivity contribution in [3.05, 3.63) is 23.9 Å². The van der Waals surface area contributed by atoms with Crippen LogP contribution in [0, 0.1) is 5.92 Å². The molecular weight excluding hydrogens is 338 g/mol. The fourth-order valence-corrected chi connectivity index (χ4v) is 3.88. The minimum atomic E-state index is -0.299. The van der Waals surface area contributed by atoms with Crippen molar-refractivity contribution in [1.82, 2.24) is 9.88 Å². The van der Waals surface area contributed by atoms with Crippen molar-refractivity contribution in [2.45, 2.75) is 65.4 Å². The number of esters is 1. The molecule has 0 radical (unpaired) electrons. The number of aromatic nitrogens is 1. The van der Waals surface area contributed by atoms with Crippen molar-refractivity contribution in [2.75, 3.05) is 38.1 Å². The second kappa shape index (κ2) is 11.3. The maximum atomic E-state index is 12.4. The molecule has 1 aromatic heterocycles. The molecule has 2 rings (SSSR count). The van der Waals surface area contributed by atoms with Gasteiger partial charge in [-0.1, -0.05) is 26.2 Å². The van der Waals surface area contributed by atoms with Crippen LogP contribution in [0.2, 0.25) is 0 Å². The SMILES string of the molecule is CCCN(CCN(C)c1ncccc1C(=O)OC(C)C)CC1CCCCC1. The van der Waals surface area contributed by atoms with Crippen LogP contribution in [-0.4, -0.2) is 55.2 Å². The van der Waals surface area contributed by atoms with E-state index in [0.717, 1.165) is 25.6 Å². The number of anilines is 1. The topological polar surface area (TPSA) is 45.7 Å². The summed E-state index contributed by atoms with van der Waals surface area (Å²) >= 11 is 0. The van der Waals surface area contributed by atoms with Gasteiger partial charge in [0.05, 0.1) is 6.10 Å². The molecule has 1 fully saturated rings. The zero-order chi connectivity index (χ0) is 19.6. The molecule has 0 saturated heterocycles. The van der Waals surface area contributed by atoms with Gasteiger partial charge in [0.15, 0.2) is 0 Å². The molecule has 1 saturated carbocycles. The quantitative estimate of drug-likeness (QED) is 0.568. The molecule has 0 N–H and O–H groups in total. The molecule has 1 aliphatic rings. The fourth-order valence-electron chi connectivity index (χ4n) is 3.88. The molecule has 0 amide bonds. The Bertz CT molecular complexity index is 570. The van der Waals surface area contributed by atoms with Crippen LogP contribution in [0.5, 0.6) is 0 Å². The lowest BCUT2D eigenvalue weighted by atomic mass is 9.89. The van der Waals surface area contributed by atoms with Gasteiger partial charge in [0.2, 0.25) is 0 Å². The van der Waals surface area contributed by atoms with Crippen LogP contribution in [-0.2, 0) is 4.74 Å². The first-order valence-corrected chi connectivity index (χ1v) is 10.6. The molecule has 5 nitrogen and oxygen atoms in total. The zero-order valence-corrected chi connectivity index (χ0v) is 17.6. The highest BCUT2D eigenvalue weighted by Crippen LogP contribution is 2.24. The van der Waals surface area contributed by atoms with Crippen molar-refractivity contribution in [1.29, 1.82) is 0 Å². The van der Waals surface area contributed by atoms with E-state index in [1.54, 1.807) is 18.3 Å². The van der Waals surface area contributed by atoms with Crippen molar-refractivity contribution < 1.29 is 9.53 Å². The Morgan fingerprint density at radius 2 is 1.96 bits per heavy atom. The average Bonchev–Trinajstić information content (AvgIpc) is 2.66. The van der Waals surface area contributed by atoms with Crippen LogP contribution in [0.25, 0.3) is 0 Å². The third-order valence-electron chi connectivity index (χ3n) is 5.24. The van der Waals surface area contributed by atoms with E-state index in [4.69, 9.17) is 4.74 Å². The first kappa shape index (κ1) is 21.7. The number of nitrogens with zero attached hydrogens (tertiary/aromatic N) is 3. The number of carbonyl (C=O) groups excluding carboxylic acids is 1. The Morgan fingerprint density at radius 3 is 2.63 bits per heavy atom. The van der Waals surface area contributed by atoms with E-state index in [9.17, 15) is 4.79 Å². The van der Waals surface area contributed by atoms with Gasteiger partial charge in [-0.15, -0.1) is 0 Å². The van der Waals surface area contributed by atoms with Gasteiger partial charge in [-0.25, -0.2) is 9.78 Å². The lowest BCUT2D eigenvalue weighted by molar-refractivity contribution is 0.0378. The van der Waals surface area contributed by atoms with Gasteiger partial charge in [0.1, 0.15) is 11.4 Å². The number of rotatable bonds is 10. The third kappa shape index (κ3) is 7.13. The number of pyridine rings is 1. The van der Waals surface area contributed by atoms with Gasteiger partial charge in [0, 0.05) is 32.9 Å². The van der Waals surface area contributed by atoms with Gasteiger partial charge < -0.3 is 14.5 Å². The van der Waals surface area contributed by atoms with Crippen molar-refractivity contribution in [2.24, 2.45) is 5.92 Å². The third-order valence-corrected chi connectivity index (χ3v) is 5.24. The molecule has 1 aliphatic carbocycles. The summed E-state index contributed by atoms with van der Waals surface area (Å²) in [5.74, 6) is 1.26. The molecule has 0 bridgehead atoms.